The van der Waals surface area contributed by atoms with E-state index in [0.717, 1.165) is 21.7 Å². The molecule has 1 N–H and O–H groups in total. The van der Waals surface area contributed by atoms with Gasteiger partial charge in [0, 0.05) is 24.4 Å². The van der Waals surface area contributed by atoms with E-state index in [1.807, 2.05) is 27.9 Å². The standard InChI is InChI=1S/C23H30N4O2S/c1-6-17-7-9-18(10-8-17)19(26(4)5)13-24-20(28)11-12-27-14-25-22-21(23(27)29)15(2)16(3)30-22/h7-10,14,19H,6,11-13H2,1-5H3,(H,24,28). The lowest BCUT2D eigenvalue weighted by atomic mass is 10.0. The summed E-state index contributed by atoms with van der Waals surface area (Å²) in [5, 5.41) is 3.69. The number of carbonyl (C=O) groups is 1. The Bertz CT molecular complexity index is 1080. The Morgan fingerprint density at radius 2 is 1.93 bits per heavy atom. The van der Waals surface area contributed by atoms with Gasteiger partial charge in [0.1, 0.15) is 4.83 Å². The Hall–Kier alpha value is -2.51. The van der Waals surface area contributed by atoms with Gasteiger partial charge in [-0.25, -0.2) is 4.98 Å². The van der Waals surface area contributed by atoms with Crippen LogP contribution in [0.15, 0.2) is 35.4 Å². The molecule has 1 aromatic carbocycles. The highest BCUT2D eigenvalue weighted by Crippen LogP contribution is 2.25. The lowest BCUT2D eigenvalue weighted by molar-refractivity contribution is -0.121. The van der Waals surface area contributed by atoms with Crippen molar-refractivity contribution in [1.82, 2.24) is 19.8 Å². The molecule has 1 unspecified atom stereocenters. The van der Waals surface area contributed by atoms with E-state index in [9.17, 15) is 9.59 Å². The van der Waals surface area contributed by atoms with Crippen LogP contribution < -0.4 is 10.9 Å². The van der Waals surface area contributed by atoms with Crippen LogP contribution in [-0.2, 0) is 17.8 Å². The highest BCUT2D eigenvalue weighted by atomic mass is 32.1. The summed E-state index contributed by atoms with van der Waals surface area (Å²) in [5.41, 5.74) is 3.38. The van der Waals surface area contributed by atoms with Gasteiger partial charge in [-0.2, -0.15) is 0 Å². The van der Waals surface area contributed by atoms with E-state index in [4.69, 9.17) is 0 Å². The SMILES string of the molecule is CCc1ccc(C(CNC(=O)CCn2cnc3sc(C)c(C)c3c2=O)N(C)C)cc1. The number of thiophene rings is 1. The van der Waals surface area contributed by atoms with Crippen LogP contribution >= 0.6 is 11.3 Å². The number of fused-ring (bicyclic) bond motifs is 1. The third-order valence-electron chi connectivity index (χ3n) is 5.62. The number of hydrogen-bond acceptors (Lipinski definition) is 5. The molecule has 0 aliphatic carbocycles. The molecule has 2 heterocycles. The molecule has 2 aromatic heterocycles. The summed E-state index contributed by atoms with van der Waals surface area (Å²) in [5.74, 6) is -0.0720. The van der Waals surface area contributed by atoms with Crippen molar-refractivity contribution in [1.29, 1.82) is 0 Å². The number of nitrogens with one attached hydrogen (secondary N) is 1. The first kappa shape index (κ1) is 22.2. The number of benzene rings is 1. The minimum Gasteiger partial charge on any atom is -0.354 e. The molecule has 1 atom stereocenters. The normalized spacial score (nSPS) is 12.5. The van der Waals surface area contributed by atoms with E-state index in [0.29, 0.717) is 18.5 Å². The van der Waals surface area contributed by atoms with Gasteiger partial charge in [-0.3, -0.25) is 14.2 Å². The molecule has 160 valence electrons. The average Bonchev–Trinajstić information content (AvgIpc) is 3.02. The van der Waals surface area contributed by atoms with Crippen molar-refractivity contribution in [2.45, 2.75) is 46.2 Å². The van der Waals surface area contributed by atoms with Crippen molar-refractivity contribution in [3.63, 3.8) is 0 Å². The van der Waals surface area contributed by atoms with Gasteiger partial charge >= 0.3 is 0 Å². The Labute approximate surface area is 181 Å². The van der Waals surface area contributed by atoms with Crippen LogP contribution in [0.3, 0.4) is 0 Å². The monoisotopic (exact) mass is 426 g/mol. The number of amides is 1. The molecule has 0 bridgehead atoms. The van der Waals surface area contributed by atoms with Crippen molar-refractivity contribution in [3.8, 4) is 0 Å². The molecule has 0 saturated heterocycles. The zero-order valence-electron chi connectivity index (χ0n) is 18.4. The second-order valence-corrected chi connectivity index (χ2v) is 9.04. The second kappa shape index (κ2) is 9.53. The summed E-state index contributed by atoms with van der Waals surface area (Å²) in [7, 11) is 4.02. The largest absolute Gasteiger partial charge is 0.354 e. The molecule has 3 rings (SSSR count). The van der Waals surface area contributed by atoms with E-state index in [2.05, 4.69) is 46.4 Å². The van der Waals surface area contributed by atoms with E-state index < -0.39 is 0 Å². The summed E-state index contributed by atoms with van der Waals surface area (Å²) in [6.45, 7) is 6.92. The minimum absolute atomic E-state index is 0.0720. The third kappa shape index (κ3) is 4.79. The first-order valence-corrected chi connectivity index (χ1v) is 11.1. The Balaban J connectivity index is 1.62. The van der Waals surface area contributed by atoms with Gasteiger partial charge in [0.25, 0.3) is 5.56 Å². The van der Waals surface area contributed by atoms with Crippen molar-refractivity contribution in [2.75, 3.05) is 20.6 Å². The van der Waals surface area contributed by atoms with Gasteiger partial charge in [-0.15, -0.1) is 11.3 Å². The Morgan fingerprint density at radius 3 is 2.57 bits per heavy atom. The van der Waals surface area contributed by atoms with Crippen LogP contribution in [0, 0.1) is 13.8 Å². The highest BCUT2D eigenvalue weighted by molar-refractivity contribution is 7.18. The topological polar surface area (TPSA) is 67.2 Å². The van der Waals surface area contributed by atoms with Gasteiger partial charge < -0.3 is 10.2 Å². The van der Waals surface area contributed by atoms with Gasteiger partial charge in [0.2, 0.25) is 5.91 Å². The molecule has 0 aliphatic rings. The third-order valence-corrected chi connectivity index (χ3v) is 6.74. The molecule has 7 heteroatoms. The number of aryl methyl sites for hydroxylation is 4. The van der Waals surface area contributed by atoms with E-state index in [-0.39, 0.29) is 23.9 Å². The molecule has 0 spiro atoms. The van der Waals surface area contributed by atoms with Crippen molar-refractivity contribution >= 4 is 27.5 Å². The van der Waals surface area contributed by atoms with Crippen LogP contribution in [-0.4, -0.2) is 41.0 Å². The molecule has 30 heavy (non-hydrogen) atoms. The predicted octanol–water partition coefficient (Wildman–Crippen LogP) is 3.45. The molecule has 0 aliphatic heterocycles. The van der Waals surface area contributed by atoms with Crippen LogP contribution in [0.25, 0.3) is 10.2 Å². The number of likely N-dealkylation sites (N-methyl/N-ethyl adjacent to an activating group) is 1. The summed E-state index contributed by atoms with van der Waals surface area (Å²) in [6, 6.07) is 8.62. The van der Waals surface area contributed by atoms with Gasteiger partial charge in [-0.1, -0.05) is 31.2 Å². The molecule has 0 radical (unpaired) electrons. The molecule has 1 amide bonds. The van der Waals surface area contributed by atoms with Crippen molar-refractivity contribution in [3.05, 3.63) is 62.5 Å². The highest BCUT2D eigenvalue weighted by Gasteiger charge is 2.16. The van der Waals surface area contributed by atoms with Gasteiger partial charge in [0.15, 0.2) is 0 Å². The van der Waals surface area contributed by atoms with Crippen LogP contribution in [0.2, 0.25) is 0 Å². The first-order chi connectivity index (χ1) is 14.3. The number of hydrogen-bond donors (Lipinski definition) is 1. The Morgan fingerprint density at radius 1 is 1.23 bits per heavy atom. The lowest BCUT2D eigenvalue weighted by Gasteiger charge is -2.25. The molecule has 0 saturated carbocycles. The fourth-order valence-corrected chi connectivity index (χ4v) is 4.51. The predicted molar refractivity (Wildman–Crippen MR) is 123 cm³/mol. The molecular weight excluding hydrogens is 396 g/mol. The maximum Gasteiger partial charge on any atom is 0.262 e. The fraction of sp³-hybridized carbons (Fsp3) is 0.435. The van der Waals surface area contributed by atoms with Crippen molar-refractivity contribution < 1.29 is 4.79 Å². The molecule has 6 nitrogen and oxygen atoms in total. The summed E-state index contributed by atoms with van der Waals surface area (Å²) in [6.07, 6.45) is 2.80. The molecule has 3 aromatic rings. The van der Waals surface area contributed by atoms with E-state index in [1.165, 1.54) is 27.0 Å². The molecule has 0 fully saturated rings. The second-order valence-electron chi connectivity index (χ2n) is 7.84. The minimum atomic E-state index is -0.0724. The zero-order chi connectivity index (χ0) is 21.8. The van der Waals surface area contributed by atoms with Crippen LogP contribution in [0.1, 0.15) is 41.0 Å². The number of aromatic nitrogens is 2. The first-order valence-electron chi connectivity index (χ1n) is 10.3. The quantitative estimate of drug-likeness (QED) is 0.599. The van der Waals surface area contributed by atoms with Crippen molar-refractivity contribution in [2.24, 2.45) is 0 Å². The summed E-state index contributed by atoms with van der Waals surface area (Å²) >= 11 is 1.53. The lowest BCUT2D eigenvalue weighted by Crippen LogP contribution is -2.35. The summed E-state index contributed by atoms with van der Waals surface area (Å²) < 4.78 is 1.54. The van der Waals surface area contributed by atoms with Crippen LogP contribution in [0.5, 0.6) is 0 Å². The smallest absolute Gasteiger partial charge is 0.262 e. The zero-order valence-corrected chi connectivity index (χ0v) is 19.2. The maximum absolute atomic E-state index is 12.8. The average molecular weight is 427 g/mol. The van der Waals surface area contributed by atoms with E-state index in [1.54, 1.807) is 6.33 Å². The van der Waals surface area contributed by atoms with Gasteiger partial charge in [-0.05, 0) is 51.1 Å². The number of nitrogens with zero attached hydrogens (tertiary/aromatic N) is 3. The number of rotatable bonds is 8. The fourth-order valence-electron chi connectivity index (χ4n) is 3.52. The number of carbonyl (C=O) groups excluding carboxylic acids is 1. The van der Waals surface area contributed by atoms with Crippen LogP contribution in [0.4, 0.5) is 0 Å². The van der Waals surface area contributed by atoms with E-state index >= 15 is 0 Å². The maximum atomic E-state index is 12.8. The Kier molecular flexibility index (Phi) is 7.05. The molecular formula is C23H30N4O2S. The summed E-state index contributed by atoms with van der Waals surface area (Å²) in [4.78, 5) is 33.6. The van der Waals surface area contributed by atoms with Gasteiger partial charge in [0.05, 0.1) is 17.8 Å².